The Morgan fingerprint density at radius 1 is 1.29 bits per heavy atom. The molecule has 3 aliphatic rings. The van der Waals surface area contributed by atoms with Crippen LogP contribution in [0.25, 0.3) is 0 Å². The van der Waals surface area contributed by atoms with Gasteiger partial charge in [-0.2, -0.15) is 0 Å². The Morgan fingerprint density at radius 3 is 2.29 bits per heavy atom. The first-order valence-electron chi connectivity index (χ1n) is 6.81. The minimum absolute atomic E-state index is 0.214. The van der Waals surface area contributed by atoms with Crippen molar-refractivity contribution < 1.29 is 4.79 Å². The lowest BCUT2D eigenvalue weighted by molar-refractivity contribution is -0.136. The molecule has 0 heterocycles. The number of fused-ring (bicyclic) bond motifs is 5. The van der Waals surface area contributed by atoms with Crippen LogP contribution < -0.4 is 0 Å². The molecule has 2 nitrogen and oxygen atoms in total. The van der Waals surface area contributed by atoms with Gasteiger partial charge >= 0.3 is 0 Å². The van der Waals surface area contributed by atoms with Crippen molar-refractivity contribution in [3.8, 4) is 0 Å². The molecular formula is C14H22ClNO. The number of amides is 1. The predicted molar refractivity (Wildman–Crippen MR) is 68.9 cm³/mol. The van der Waals surface area contributed by atoms with Crippen LogP contribution in [-0.4, -0.2) is 29.3 Å². The third-order valence-electron chi connectivity index (χ3n) is 5.59. The normalized spacial score (nSPS) is 42.5. The van der Waals surface area contributed by atoms with Gasteiger partial charge < -0.3 is 4.90 Å². The van der Waals surface area contributed by atoms with E-state index in [9.17, 15) is 4.79 Å². The van der Waals surface area contributed by atoms with Gasteiger partial charge in [0.05, 0.1) is 5.54 Å². The van der Waals surface area contributed by atoms with Crippen LogP contribution in [0.15, 0.2) is 0 Å². The molecule has 96 valence electrons. The number of hydrogen-bond donors (Lipinski definition) is 0. The summed E-state index contributed by atoms with van der Waals surface area (Å²) in [7, 11) is 1.92. The highest BCUT2D eigenvalue weighted by atomic mass is 35.5. The largest absolute Gasteiger partial charge is 0.339 e. The molecule has 3 aliphatic carbocycles. The fraction of sp³-hybridized carbons (Fsp3) is 0.929. The van der Waals surface area contributed by atoms with Gasteiger partial charge in [0.25, 0.3) is 0 Å². The first-order chi connectivity index (χ1) is 7.97. The predicted octanol–water partition coefficient (Wildman–Crippen LogP) is 2.75. The van der Waals surface area contributed by atoms with E-state index in [4.69, 9.17) is 11.6 Å². The van der Waals surface area contributed by atoms with Gasteiger partial charge in [-0.15, -0.1) is 11.6 Å². The highest BCUT2D eigenvalue weighted by Crippen LogP contribution is 2.69. The molecule has 0 spiro atoms. The molecule has 0 aromatic heterocycles. The van der Waals surface area contributed by atoms with Gasteiger partial charge in [0.2, 0.25) is 5.91 Å². The second-order valence-electron chi connectivity index (χ2n) is 6.86. The summed E-state index contributed by atoms with van der Waals surface area (Å²) < 4.78 is 0. The van der Waals surface area contributed by atoms with Crippen LogP contribution in [-0.2, 0) is 4.79 Å². The van der Waals surface area contributed by atoms with Gasteiger partial charge in [-0.25, -0.2) is 0 Å². The molecule has 0 radical (unpaired) electrons. The molecule has 3 heteroatoms. The summed E-state index contributed by atoms with van der Waals surface area (Å²) in [6.45, 7) is 4.09. The van der Waals surface area contributed by atoms with Crippen molar-refractivity contribution in [1.29, 1.82) is 0 Å². The van der Waals surface area contributed by atoms with Gasteiger partial charge in [0.1, 0.15) is 0 Å². The average molecular weight is 256 g/mol. The average Bonchev–Trinajstić information content (AvgIpc) is 2.75. The van der Waals surface area contributed by atoms with Gasteiger partial charge in [-0.1, -0.05) is 0 Å². The van der Waals surface area contributed by atoms with Gasteiger partial charge in [0, 0.05) is 18.8 Å². The summed E-state index contributed by atoms with van der Waals surface area (Å²) in [6, 6.07) is 0. The monoisotopic (exact) mass is 255 g/mol. The van der Waals surface area contributed by atoms with E-state index in [-0.39, 0.29) is 5.54 Å². The second-order valence-corrected chi connectivity index (χ2v) is 7.12. The molecule has 3 saturated carbocycles. The van der Waals surface area contributed by atoms with Crippen molar-refractivity contribution in [3.05, 3.63) is 0 Å². The van der Waals surface area contributed by atoms with Crippen LogP contribution in [0.2, 0.25) is 0 Å². The van der Waals surface area contributed by atoms with Crippen molar-refractivity contribution in [2.45, 2.75) is 38.6 Å². The molecule has 4 unspecified atom stereocenters. The molecule has 0 aromatic rings. The van der Waals surface area contributed by atoms with E-state index >= 15 is 0 Å². The summed E-state index contributed by atoms with van der Waals surface area (Å²) >= 11 is 5.95. The van der Waals surface area contributed by atoms with E-state index in [1.165, 1.54) is 19.3 Å². The SMILES string of the molecule is CN(C(=O)C1C2C3CCC(C3)C12)C(C)(C)CCl. The Morgan fingerprint density at radius 2 is 1.82 bits per heavy atom. The van der Waals surface area contributed by atoms with Crippen molar-refractivity contribution >= 4 is 17.5 Å². The van der Waals surface area contributed by atoms with Gasteiger partial charge in [0.15, 0.2) is 0 Å². The maximum Gasteiger partial charge on any atom is 0.226 e. The lowest BCUT2D eigenvalue weighted by Crippen LogP contribution is -2.47. The summed E-state index contributed by atoms with van der Waals surface area (Å²) in [6.07, 6.45) is 4.15. The minimum Gasteiger partial charge on any atom is -0.339 e. The first-order valence-corrected chi connectivity index (χ1v) is 7.34. The highest BCUT2D eigenvalue weighted by molar-refractivity contribution is 6.18. The van der Waals surface area contributed by atoms with E-state index < -0.39 is 0 Å². The molecule has 17 heavy (non-hydrogen) atoms. The molecule has 2 bridgehead atoms. The quantitative estimate of drug-likeness (QED) is 0.711. The Labute approximate surface area is 109 Å². The van der Waals surface area contributed by atoms with E-state index in [0.717, 1.165) is 23.7 Å². The van der Waals surface area contributed by atoms with Crippen molar-refractivity contribution in [2.75, 3.05) is 12.9 Å². The van der Waals surface area contributed by atoms with E-state index in [0.29, 0.717) is 17.7 Å². The van der Waals surface area contributed by atoms with E-state index in [2.05, 4.69) is 0 Å². The van der Waals surface area contributed by atoms with E-state index in [1.807, 2.05) is 25.8 Å². The molecule has 0 aliphatic heterocycles. The van der Waals surface area contributed by atoms with Gasteiger partial charge in [-0.05, 0) is 56.8 Å². The number of carbonyl (C=O) groups excluding carboxylic acids is 1. The molecular weight excluding hydrogens is 234 g/mol. The fourth-order valence-electron chi connectivity index (χ4n) is 4.27. The third-order valence-corrected chi connectivity index (χ3v) is 6.24. The Kier molecular flexibility index (Phi) is 2.52. The lowest BCUT2D eigenvalue weighted by Gasteiger charge is -2.34. The highest BCUT2D eigenvalue weighted by Gasteiger charge is 2.68. The Bertz CT molecular complexity index is 338. The van der Waals surface area contributed by atoms with Crippen molar-refractivity contribution in [1.82, 2.24) is 4.90 Å². The van der Waals surface area contributed by atoms with Crippen LogP contribution >= 0.6 is 11.6 Å². The third kappa shape index (κ3) is 1.56. The smallest absolute Gasteiger partial charge is 0.226 e. The van der Waals surface area contributed by atoms with Crippen LogP contribution in [0.5, 0.6) is 0 Å². The Balaban J connectivity index is 1.70. The summed E-state index contributed by atoms with van der Waals surface area (Å²) in [5.41, 5.74) is -0.214. The molecule has 3 rings (SSSR count). The minimum atomic E-state index is -0.214. The zero-order chi connectivity index (χ0) is 12.4. The van der Waals surface area contributed by atoms with Crippen molar-refractivity contribution in [3.63, 3.8) is 0 Å². The zero-order valence-electron chi connectivity index (χ0n) is 10.9. The van der Waals surface area contributed by atoms with Gasteiger partial charge in [-0.3, -0.25) is 4.79 Å². The molecule has 0 aromatic carbocycles. The lowest BCUT2D eigenvalue weighted by atomic mass is 9.99. The summed E-state index contributed by atoms with van der Waals surface area (Å²) in [4.78, 5) is 14.4. The number of rotatable bonds is 3. The molecule has 3 fully saturated rings. The molecule has 4 atom stereocenters. The second kappa shape index (κ2) is 3.63. The zero-order valence-corrected chi connectivity index (χ0v) is 11.7. The molecule has 0 N–H and O–H groups in total. The number of halogens is 1. The number of alkyl halides is 1. The van der Waals surface area contributed by atoms with Crippen LogP contribution in [0.4, 0.5) is 0 Å². The summed E-state index contributed by atoms with van der Waals surface area (Å²) in [5.74, 6) is 4.39. The van der Waals surface area contributed by atoms with Crippen molar-refractivity contribution in [2.24, 2.45) is 29.6 Å². The van der Waals surface area contributed by atoms with Crippen LogP contribution in [0.1, 0.15) is 33.1 Å². The van der Waals surface area contributed by atoms with Crippen LogP contribution in [0, 0.1) is 29.6 Å². The van der Waals surface area contributed by atoms with E-state index in [1.54, 1.807) is 0 Å². The van der Waals surface area contributed by atoms with Crippen LogP contribution in [0.3, 0.4) is 0 Å². The topological polar surface area (TPSA) is 20.3 Å². The fourth-order valence-corrected chi connectivity index (χ4v) is 4.45. The Hall–Kier alpha value is -0.240. The molecule has 1 amide bonds. The maximum atomic E-state index is 12.5. The number of nitrogens with zero attached hydrogens (tertiary/aromatic N) is 1. The summed E-state index contributed by atoms with van der Waals surface area (Å²) in [5, 5.41) is 0. The standard InChI is InChI=1S/C14H22ClNO/c1-14(2,7-15)16(3)13(17)12-10-8-4-5-9(6-8)11(10)12/h8-12H,4-7H2,1-3H3. The number of hydrogen-bond acceptors (Lipinski definition) is 1. The maximum absolute atomic E-state index is 12.5. The molecule has 0 saturated heterocycles. The number of carbonyl (C=O) groups is 1. The first kappa shape index (κ1) is 11.8.